The molecule has 5 heteroatoms. The lowest BCUT2D eigenvalue weighted by Gasteiger charge is -2.09. The van der Waals surface area contributed by atoms with Crippen molar-refractivity contribution in [2.45, 2.75) is 13.8 Å². The van der Waals surface area contributed by atoms with Crippen molar-refractivity contribution in [2.75, 3.05) is 12.4 Å². The lowest BCUT2D eigenvalue weighted by atomic mass is 10.1. The number of amides is 1. The van der Waals surface area contributed by atoms with Crippen molar-refractivity contribution in [3.63, 3.8) is 0 Å². The first-order valence-corrected chi connectivity index (χ1v) is 7.66. The largest absolute Gasteiger partial charge is 0.496 e. The van der Waals surface area contributed by atoms with Crippen molar-refractivity contribution in [1.82, 2.24) is 0 Å². The summed E-state index contributed by atoms with van der Waals surface area (Å²) in [5.74, 6) is 0.0537. The van der Waals surface area contributed by atoms with Crippen LogP contribution in [0.25, 0.3) is 6.08 Å². The average molecular weight is 341 g/mol. The summed E-state index contributed by atoms with van der Waals surface area (Å²) in [6.07, 6.45) is 1.46. The highest BCUT2D eigenvalue weighted by atomic mass is 35.5. The maximum Gasteiger partial charge on any atom is 0.266 e. The zero-order valence-corrected chi connectivity index (χ0v) is 14.4. The molecule has 1 N–H and O–H groups in total. The Kier molecular flexibility index (Phi) is 5.62. The highest BCUT2D eigenvalue weighted by molar-refractivity contribution is 6.30. The number of carbonyl (C=O) groups excluding carboxylic acids is 1. The second kappa shape index (κ2) is 7.67. The van der Waals surface area contributed by atoms with Crippen LogP contribution < -0.4 is 10.1 Å². The number of nitrogens with one attached hydrogen (secondary N) is 1. The fraction of sp³-hybridized carbons (Fsp3) is 0.158. The first kappa shape index (κ1) is 17.6. The molecule has 0 aliphatic carbocycles. The third kappa shape index (κ3) is 4.15. The van der Waals surface area contributed by atoms with Gasteiger partial charge < -0.3 is 10.1 Å². The van der Waals surface area contributed by atoms with Gasteiger partial charge in [0.25, 0.3) is 5.91 Å². The lowest BCUT2D eigenvalue weighted by molar-refractivity contribution is -0.112. The number of rotatable bonds is 4. The Labute approximate surface area is 146 Å². The summed E-state index contributed by atoms with van der Waals surface area (Å²) in [6, 6.07) is 12.6. The van der Waals surface area contributed by atoms with Gasteiger partial charge in [0.05, 0.1) is 7.11 Å². The smallest absolute Gasteiger partial charge is 0.266 e. The van der Waals surface area contributed by atoms with Crippen LogP contribution in [0.5, 0.6) is 5.75 Å². The third-order valence-corrected chi connectivity index (χ3v) is 3.72. The molecule has 122 valence electrons. The molecule has 0 fully saturated rings. The van der Waals surface area contributed by atoms with Crippen molar-refractivity contribution >= 4 is 29.3 Å². The van der Waals surface area contributed by atoms with Gasteiger partial charge in [0, 0.05) is 16.3 Å². The summed E-state index contributed by atoms with van der Waals surface area (Å²) in [6.45, 7) is 3.88. The maximum atomic E-state index is 12.4. The Morgan fingerprint density at radius 2 is 2.00 bits per heavy atom. The number of nitrogens with zero attached hydrogens (tertiary/aromatic N) is 1. The second-order valence-corrected chi connectivity index (χ2v) is 5.77. The molecule has 2 aromatic carbocycles. The molecule has 1 amide bonds. The molecule has 4 nitrogen and oxygen atoms in total. The third-order valence-electron chi connectivity index (χ3n) is 3.49. The van der Waals surface area contributed by atoms with Crippen molar-refractivity contribution in [3.05, 3.63) is 63.7 Å². The minimum absolute atomic E-state index is 0.0319. The van der Waals surface area contributed by atoms with E-state index in [0.29, 0.717) is 22.0 Å². The Morgan fingerprint density at radius 1 is 1.25 bits per heavy atom. The molecule has 0 spiro atoms. The van der Waals surface area contributed by atoms with Crippen molar-refractivity contribution in [3.8, 4) is 11.8 Å². The monoisotopic (exact) mass is 340 g/mol. The van der Waals surface area contributed by atoms with Gasteiger partial charge in [-0.1, -0.05) is 29.3 Å². The molecule has 24 heavy (non-hydrogen) atoms. The standard InChI is InChI=1S/C19H17ClN2O2/c1-12-4-6-17(13(2)8-12)22-19(23)15(11-21)9-14-10-16(20)5-7-18(14)24-3/h4-10H,1-3H3,(H,22,23)/b15-9+. The van der Waals surface area contributed by atoms with Crippen LogP contribution in [0.1, 0.15) is 16.7 Å². The van der Waals surface area contributed by atoms with Crippen LogP contribution in [0.2, 0.25) is 5.02 Å². The van der Waals surface area contributed by atoms with Crippen LogP contribution in [-0.2, 0) is 4.79 Å². The van der Waals surface area contributed by atoms with Gasteiger partial charge in [-0.05, 0) is 49.8 Å². The minimum Gasteiger partial charge on any atom is -0.496 e. The summed E-state index contributed by atoms with van der Waals surface area (Å²) in [5, 5.41) is 12.6. The van der Waals surface area contributed by atoms with Gasteiger partial charge >= 0.3 is 0 Å². The van der Waals surface area contributed by atoms with Crippen molar-refractivity contribution in [2.24, 2.45) is 0 Å². The average Bonchev–Trinajstić information content (AvgIpc) is 2.55. The van der Waals surface area contributed by atoms with Gasteiger partial charge in [0.2, 0.25) is 0 Å². The van der Waals surface area contributed by atoms with E-state index >= 15 is 0 Å². The fourth-order valence-corrected chi connectivity index (χ4v) is 2.45. The molecular formula is C19H17ClN2O2. The van der Waals surface area contributed by atoms with Gasteiger partial charge in [-0.2, -0.15) is 5.26 Å². The van der Waals surface area contributed by atoms with E-state index in [1.165, 1.54) is 13.2 Å². The molecule has 0 bridgehead atoms. The molecule has 0 radical (unpaired) electrons. The predicted octanol–water partition coefficient (Wildman–Crippen LogP) is 4.51. The molecular weight excluding hydrogens is 324 g/mol. The van der Waals surface area contributed by atoms with Crippen molar-refractivity contribution in [1.29, 1.82) is 5.26 Å². The number of carbonyl (C=O) groups is 1. The quantitative estimate of drug-likeness (QED) is 0.658. The number of aryl methyl sites for hydroxylation is 2. The van der Waals surface area contributed by atoms with E-state index in [1.54, 1.807) is 18.2 Å². The van der Waals surface area contributed by atoms with Gasteiger partial charge in [-0.3, -0.25) is 4.79 Å². The lowest BCUT2D eigenvalue weighted by Crippen LogP contribution is -2.14. The van der Waals surface area contributed by atoms with E-state index < -0.39 is 5.91 Å². The van der Waals surface area contributed by atoms with Crippen LogP contribution in [0.15, 0.2) is 42.0 Å². The number of ether oxygens (including phenoxy) is 1. The number of anilines is 1. The number of hydrogen-bond donors (Lipinski definition) is 1. The van der Waals surface area contributed by atoms with E-state index in [4.69, 9.17) is 16.3 Å². The van der Waals surface area contributed by atoms with E-state index in [1.807, 2.05) is 38.1 Å². The van der Waals surface area contributed by atoms with Crippen LogP contribution >= 0.6 is 11.6 Å². The number of methoxy groups -OCH3 is 1. The molecule has 0 saturated heterocycles. The van der Waals surface area contributed by atoms with E-state index in [2.05, 4.69) is 5.32 Å². The summed E-state index contributed by atoms with van der Waals surface area (Å²) < 4.78 is 5.23. The summed E-state index contributed by atoms with van der Waals surface area (Å²) >= 11 is 5.98. The molecule has 0 heterocycles. The van der Waals surface area contributed by atoms with E-state index in [0.717, 1.165) is 11.1 Å². The van der Waals surface area contributed by atoms with Crippen LogP contribution in [0.3, 0.4) is 0 Å². The molecule has 2 aromatic rings. The molecule has 0 aromatic heterocycles. The molecule has 0 aliphatic heterocycles. The number of halogens is 1. The number of benzene rings is 2. The minimum atomic E-state index is -0.480. The zero-order chi connectivity index (χ0) is 17.7. The van der Waals surface area contributed by atoms with Gasteiger partial charge in [0.15, 0.2) is 0 Å². The van der Waals surface area contributed by atoms with Crippen LogP contribution in [0, 0.1) is 25.2 Å². The van der Waals surface area contributed by atoms with Crippen LogP contribution in [-0.4, -0.2) is 13.0 Å². The van der Waals surface area contributed by atoms with Crippen LogP contribution in [0.4, 0.5) is 5.69 Å². The topological polar surface area (TPSA) is 62.1 Å². The molecule has 0 unspecified atom stereocenters. The van der Waals surface area contributed by atoms with E-state index in [-0.39, 0.29) is 5.57 Å². The normalized spacial score (nSPS) is 10.9. The molecule has 0 aliphatic rings. The Morgan fingerprint density at radius 3 is 2.62 bits per heavy atom. The SMILES string of the molecule is COc1ccc(Cl)cc1/C=C(\C#N)C(=O)Nc1ccc(C)cc1C. The van der Waals surface area contributed by atoms with Gasteiger partial charge in [0.1, 0.15) is 17.4 Å². The molecule has 2 rings (SSSR count). The van der Waals surface area contributed by atoms with Gasteiger partial charge in [-0.25, -0.2) is 0 Å². The summed E-state index contributed by atoms with van der Waals surface area (Å²) in [5.41, 5.74) is 3.24. The first-order valence-electron chi connectivity index (χ1n) is 7.28. The number of nitriles is 1. The van der Waals surface area contributed by atoms with Crippen molar-refractivity contribution < 1.29 is 9.53 Å². The summed E-state index contributed by atoms with van der Waals surface area (Å²) in [7, 11) is 1.52. The highest BCUT2D eigenvalue weighted by Gasteiger charge is 2.12. The number of hydrogen-bond acceptors (Lipinski definition) is 3. The maximum absolute atomic E-state index is 12.4. The summed E-state index contributed by atoms with van der Waals surface area (Å²) in [4.78, 5) is 12.4. The zero-order valence-electron chi connectivity index (χ0n) is 13.7. The Bertz CT molecular complexity index is 851. The second-order valence-electron chi connectivity index (χ2n) is 5.33. The van der Waals surface area contributed by atoms with E-state index in [9.17, 15) is 10.1 Å². The Hall–Kier alpha value is -2.77. The highest BCUT2D eigenvalue weighted by Crippen LogP contribution is 2.25. The molecule has 0 atom stereocenters. The first-order chi connectivity index (χ1) is 11.4. The fourth-order valence-electron chi connectivity index (χ4n) is 2.27. The Balaban J connectivity index is 2.32. The molecule has 0 saturated carbocycles. The predicted molar refractivity (Wildman–Crippen MR) is 96.1 cm³/mol. The van der Waals surface area contributed by atoms with Gasteiger partial charge in [-0.15, -0.1) is 0 Å².